The lowest BCUT2D eigenvalue weighted by Gasteiger charge is -2.39. The second-order valence-electron chi connectivity index (χ2n) is 8.11. The molecule has 4 atom stereocenters. The molecule has 1 aliphatic carbocycles. The SMILES string of the molecule is CC(C)CN[P@@](=O)(O[C@@H]1C[C@@H](C)CC[C@@H]1C(C)C)c1ccccc1. The first kappa shape index (κ1) is 19.7. The van der Waals surface area contributed by atoms with Gasteiger partial charge in [-0.05, 0) is 48.6 Å². The Bertz CT molecular complexity index is 544. The summed E-state index contributed by atoms with van der Waals surface area (Å²) in [5.74, 6) is 2.10. The van der Waals surface area contributed by atoms with E-state index in [2.05, 4.69) is 39.7 Å². The van der Waals surface area contributed by atoms with Crippen LogP contribution in [0.3, 0.4) is 0 Å². The fourth-order valence-electron chi connectivity index (χ4n) is 3.54. The molecule has 3 nitrogen and oxygen atoms in total. The average molecular weight is 351 g/mol. The third-order valence-electron chi connectivity index (χ3n) is 5.05. The zero-order valence-electron chi connectivity index (χ0n) is 15.9. The maximum absolute atomic E-state index is 13.7. The van der Waals surface area contributed by atoms with E-state index in [4.69, 9.17) is 4.52 Å². The zero-order chi connectivity index (χ0) is 17.7. The molecule has 1 saturated carbocycles. The molecule has 0 aliphatic heterocycles. The molecule has 0 aromatic heterocycles. The third-order valence-corrected chi connectivity index (χ3v) is 7.19. The van der Waals surface area contributed by atoms with Gasteiger partial charge in [-0.3, -0.25) is 4.57 Å². The van der Waals surface area contributed by atoms with Gasteiger partial charge in [-0.25, -0.2) is 5.09 Å². The molecule has 1 aliphatic rings. The van der Waals surface area contributed by atoms with Crippen LogP contribution in [-0.2, 0) is 9.09 Å². The topological polar surface area (TPSA) is 38.3 Å². The molecule has 24 heavy (non-hydrogen) atoms. The smallest absolute Gasteiger partial charge is 0.299 e. The summed E-state index contributed by atoms with van der Waals surface area (Å²) in [6.45, 7) is 11.7. The first-order chi connectivity index (χ1) is 11.3. The van der Waals surface area contributed by atoms with E-state index in [0.29, 0.717) is 30.2 Å². The van der Waals surface area contributed by atoms with Gasteiger partial charge in [0, 0.05) is 6.54 Å². The lowest BCUT2D eigenvalue weighted by atomic mass is 9.75. The molecule has 0 saturated heterocycles. The van der Waals surface area contributed by atoms with E-state index >= 15 is 0 Å². The van der Waals surface area contributed by atoms with Crippen LogP contribution in [0.2, 0.25) is 0 Å². The molecule has 0 unspecified atom stereocenters. The molecule has 0 bridgehead atoms. The summed E-state index contributed by atoms with van der Waals surface area (Å²) in [4.78, 5) is 0. The number of nitrogens with one attached hydrogen (secondary N) is 1. The van der Waals surface area contributed by atoms with Gasteiger partial charge < -0.3 is 4.52 Å². The fourth-order valence-corrected chi connectivity index (χ4v) is 5.72. The number of hydrogen-bond acceptors (Lipinski definition) is 2. The van der Waals surface area contributed by atoms with Crippen molar-refractivity contribution in [1.29, 1.82) is 0 Å². The summed E-state index contributed by atoms with van der Waals surface area (Å²) < 4.78 is 20.1. The van der Waals surface area contributed by atoms with Crippen LogP contribution in [0.1, 0.15) is 53.9 Å². The van der Waals surface area contributed by atoms with Crippen LogP contribution < -0.4 is 10.4 Å². The van der Waals surface area contributed by atoms with Crippen LogP contribution in [0.15, 0.2) is 30.3 Å². The van der Waals surface area contributed by atoms with Crippen LogP contribution in [0, 0.1) is 23.7 Å². The van der Waals surface area contributed by atoms with Crippen molar-refractivity contribution in [2.24, 2.45) is 23.7 Å². The first-order valence-electron chi connectivity index (χ1n) is 9.41. The molecule has 1 N–H and O–H groups in total. The second kappa shape index (κ2) is 8.65. The maximum atomic E-state index is 13.7. The molecule has 4 heteroatoms. The fraction of sp³-hybridized carbons (Fsp3) is 0.700. The number of benzene rings is 1. The highest BCUT2D eigenvalue weighted by atomic mass is 31.2. The molecule has 0 heterocycles. The van der Waals surface area contributed by atoms with Crippen LogP contribution in [-0.4, -0.2) is 12.6 Å². The lowest BCUT2D eigenvalue weighted by Crippen LogP contribution is -2.37. The monoisotopic (exact) mass is 351 g/mol. The molecule has 0 spiro atoms. The van der Waals surface area contributed by atoms with Crippen molar-refractivity contribution >= 4 is 12.8 Å². The lowest BCUT2D eigenvalue weighted by molar-refractivity contribution is 0.0482. The highest BCUT2D eigenvalue weighted by Crippen LogP contribution is 2.48. The molecule has 136 valence electrons. The Kier molecular flexibility index (Phi) is 7.10. The van der Waals surface area contributed by atoms with Crippen molar-refractivity contribution < 1.29 is 9.09 Å². The van der Waals surface area contributed by atoms with Gasteiger partial charge in [0.15, 0.2) is 0 Å². The molecular formula is C20H34NO2P. The van der Waals surface area contributed by atoms with Crippen molar-refractivity contribution in [3.05, 3.63) is 30.3 Å². The quantitative estimate of drug-likeness (QED) is 0.684. The van der Waals surface area contributed by atoms with Crippen LogP contribution in [0.4, 0.5) is 0 Å². The Morgan fingerprint density at radius 2 is 1.83 bits per heavy atom. The summed E-state index contributed by atoms with van der Waals surface area (Å²) in [7, 11) is -3.05. The minimum absolute atomic E-state index is 0.0689. The van der Waals surface area contributed by atoms with Gasteiger partial charge in [0.2, 0.25) is 0 Å². The minimum atomic E-state index is -3.05. The Hall–Kier alpha value is -0.630. The van der Waals surface area contributed by atoms with E-state index in [9.17, 15) is 4.57 Å². The van der Waals surface area contributed by atoms with Crippen molar-refractivity contribution in [3.8, 4) is 0 Å². The summed E-state index contributed by atoms with van der Waals surface area (Å²) in [5, 5.41) is 4.05. The molecular weight excluding hydrogens is 317 g/mol. The normalized spacial score (nSPS) is 27.4. The van der Waals surface area contributed by atoms with Gasteiger partial charge in [-0.15, -0.1) is 0 Å². The van der Waals surface area contributed by atoms with E-state index in [1.165, 1.54) is 12.8 Å². The molecule has 1 fully saturated rings. The molecule has 2 rings (SSSR count). The van der Waals surface area contributed by atoms with Gasteiger partial charge >= 0.3 is 0 Å². The Labute approximate surface area is 148 Å². The highest BCUT2D eigenvalue weighted by Gasteiger charge is 2.37. The van der Waals surface area contributed by atoms with Gasteiger partial charge in [0.25, 0.3) is 7.52 Å². The Balaban J connectivity index is 2.24. The van der Waals surface area contributed by atoms with Crippen molar-refractivity contribution in [2.45, 2.75) is 60.0 Å². The standard InChI is InChI=1S/C20H34NO2P/c1-15(2)14-21-24(22,18-9-7-6-8-10-18)23-20-13-17(5)11-12-19(20)16(3)4/h6-10,15-17,19-20H,11-14H2,1-5H3,(H,21,22)/t17-,19+,20+,24-/m0/s1. The van der Waals surface area contributed by atoms with Gasteiger partial charge in [-0.1, -0.05) is 59.2 Å². The van der Waals surface area contributed by atoms with E-state index in [1.807, 2.05) is 30.3 Å². The maximum Gasteiger partial charge on any atom is 0.299 e. The molecule has 1 aromatic rings. The molecule has 1 aromatic carbocycles. The predicted octanol–water partition coefficient (Wildman–Crippen LogP) is 5.23. The zero-order valence-corrected chi connectivity index (χ0v) is 16.8. The van der Waals surface area contributed by atoms with Crippen LogP contribution in [0.5, 0.6) is 0 Å². The Morgan fingerprint density at radius 1 is 1.17 bits per heavy atom. The molecule has 0 amide bonds. The van der Waals surface area contributed by atoms with E-state index in [0.717, 1.165) is 11.7 Å². The van der Waals surface area contributed by atoms with E-state index < -0.39 is 7.52 Å². The summed E-state index contributed by atoms with van der Waals surface area (Å²) in [5.41, 5.74) is 0. The summed E-state index contributed by atoms with van der Waals surface area (Å²) in [6, 6.07) is 9.67. The van der Waals surface area contributed by atoms with Gasteiger partial charge in [0.1, 0.15) is 0 Å². The van der Waals surface area contributed by atoms with Crippen molar-refractivity contribution in [2.75, 3.05) is 6.54 Å². The van der Waals surface area contributed by atoms with Crippen molar-refractivity contribution in [1.82, 2.24) is 5.09 Å². The summed E-state index contributed by atoms with van der Waals surface area (Å²) in [6.07, 6.45) is 3.49. The highest BCUT2D eigenvalue weighted by molar-refractivity contribution is 7.65. The van der Waals surface area contributed by atoms with Crippen LogP contribution >= 0.6 is 7.52 Å². The van der Waals surface area contributed by atoms with Crippen LogP contribution in [0.25, 0.3) is 0 Å². The third kappa shape index (κ3) is 5.18. The van der Waals surface area contributed by atoms with E-state index in [-0.39, 0.29) is 6.10 Å². The largest absolute Gasteiger partial charge is 0.311 e. The number of rotatable bonds is 7. The van der Waals surface area contributed by atoms with Gasteiger partial charge in [0.05, 0.1) is 11.4 Å². The summed E-state index contributed by atoms with van der Waals surface area (Å²) >= 11 is 0. The van der Waals surface area contributed by atoms with Crippen molar-refractivity contribution in [3.63, 3.8) is 0 Å². The molecule has 0 radical (unpaired) electrons. The second-order valence-corrected chi connectivity index (χ2v) is 10.3. The Morgan fingerprint density at radius 3 is 2.42 bits per heavy atom. The predicted molar refractivity (Wildman–Crippen MR) is 103 cm³/mol. The van der Waals surface area contributed by atoms with Gasteiger partial charge in [-0.2, -0.15) is 0 Å². The number of hydrogen-bond donors (Lipinski definition) is 1. The van der Waals surface area contributed by atoms with E-state index in [1.54, 1.807) is 0 Å². The minimum Gasteiger partial charge on any atom is -0.311 e. The first-order valence-corrected chi connectivity index (χ1v) is 11.0. The average Bonchev–Trinajstić information content (AvgIpc) is 2.53.